The quantitative estimate of drug-likeness (QED) is 0.182. The Balaban J connectivity index is 1.22. The Morgan fingerprint density at radius 2 is 1.82 bits per heavy atom. The van der Waals surface area contributed by atoms with E-state index >= 15 is 0 Å². The summed E-state index contributed by atoms with van der Waals surface area (Å²) in [7, 11) is 3.22. The second-order valence-electron chi connectivity index (χ2n) is 8.84. The number of fused-ring (bicyclic) bond motifs is 3. The van der Waals surface area contributed by atoms with Crippen LogP contribution in [-0.4, -0.2) is 93.8 Å². The number of aromatic nitrogens is 6. The van der Waals surface area contributed by atoms with Crippen LogP contribution < -0.4 is 15.4 Å². The van der Waals surface area contributed by atoms with Gasteiger partial charge in [-0.15, -0.1) is 5.10 Å². The molecule has 1 aromatic carbocycles. The molecule has 1 amide bonds. The van der Waals surface area contributed by atoms with Gasteiger partial charge in [0.15, 0.2) is 17.1 Å². The zero-order valence-corrected chi connectivity index (χ0v) is 21.9. The zero-order valence-electron chi connectivity index (χ0n) is 21.9. The number of anilines is 2. The highest BCUT2D eigenvalue weighted by atomic mass is 16.5. The molecule has 5 rings (SSSR count). The summed E-state index contributed by atoms with van der Waals surface area (Å²) < 4.78 is 18.6. The Kier molecular flexibility index (Phi) is 7.87. The van der Waals surface area contributed by atoms with Crippen LogP contribution in [0.2, 0.25) is 0 Å². The van der Waals surface area contributed by atoms with Gasteiger partial charge in [-0.05, 0) is 36.4 Å². The van der Waals surface area contributed by atoms with Crippen LogP contribution in [0.4, 0.5) is 11.6 Å². The van der Waals surface area contributed by atoms with Gasteiger partial charge in [0.25, 0.3) is 0 Å². The summed E-state index contributed by atoms with van der Waals surface area (Å²) in [5, 5.41) is 9.46. The first-order chi connectivity index (χ1) is 19.1. The van der Waals surface area contributed by atoms with Crippen molar-refractivity contribution >= 4 is 40.3 Å². The summed E-state index contributed by atoms with van der Waals surface area (Å²) in [6, 6.07) is 7.98. The van der Waals surface area contributed by atoms with E-state index < -0.39 is 0 Å². The number of amides is 1. The second-order valence-corrected chi connectivity index (χ2v) is 8.84. The lowest BCUT2D eigenvalue weighted by molar-refractivity contribution is -0.132. The predicted octanol–water partition coefficient (Wildman–Crippen LogP) is 1.60. The molecule has 39 heavy (non-hydrogen) atoms. The average Bonchev–Trinajstić information content (AvgIpc) is 3.56. The lowest BCUT2D eigenvalue weighted by atomic mass is 10.2. The normalized spacial score (nSPS) is 14.3. The number of carbonyl (C=O) groups excluding carboxylic acids is 1. The number of nitrogen functional groups attached to an aromatic ring is 1. The monoisotopic (exact) mass is 533 g/mol. The van der Waals surface area contributed by atoms with E-state index in [1.54, 1.807) is 49.6 Å². The average molecular weight is 534 g/mol. The predicted molar refractivity (Wildman–Crippen MR) is 146 cm³/mol. The molecule has 0 bridgehead atoms. The number of piperazine rings is 1. The van der Waals surface area contributed by atoms with Gasteiger partial charge in [0.1, 0.15) is 18.9 Å². The van der Waals surface area contributed by atoms with E-state index in [1.165, 1.54) is 4.52 Å². The molecule has 1 aliphatic rings. The molecule has 1 aliphatic heterocycles. The summed E-state index contributed by atoms with van der Waals surface area (Å²) in [6.45, 7) is 3.81. The van der Waals surface area contributed by atoms with Crippen molar-refractivity contribution in [2.45, 2.75) is 6.54 Å². The van der Waals surface area contributed by atoms with Crippen LogP contribution in [0.5, 0.6) is 5.75 Å². The minimum atomic E-state index is -0.0307. The van der Waals surface area contributed by atoms with Crippen molar-refractivity contribution in [2.24, 2.45) is 0 Å². The minimum absolute atomic E-state index is 0.0307. The maximum atomic E-state index is 13.1. The number of hydrogen-bond donors (Lipinski definition) is 1. The number of methoxy groups -OCH3 is 2. The number of carbonyl (C=O) groups is 1. The van der Waals surface area contributed by atoms with Crippen LogP contribution in [0.3, 0.4) is 0 Å². The topological polar surface area (TPSA) is 138 Å². The number of allylic oxidation sites excluding steroid dienone is 2. The maximum absolute atomic E-state index is 13.1. The van der Waals surface area contributed by atoms with Gasteiger partial charge in [0.2, 0.25) is 11.9 Å². The first-order valence-electron chi connectivity index (χ1n) is 12.6. The van der Waals surface area contributed by atoms with Gasteiger partial charge >= 0.3 is 0 Å². The molecule has 13 nitrogen and oxygen atoms in total. The van der Waals surface area contributed by atoms with Crippen LogP contribution >= 0.6 is 0 Å². The molecular weight excluding hydrogens is 502 g/mol. The van der Waals surface area contributed by atoms with Gasteiger partial charge in [0, 0.05) is 39.0 Å². The van der Waals surface area contributed by atoms with E-state index in [1.807, 2.05) is 29.2 Å². The Morgan fingerprint density at radius 3 is 2.56 bits per heavy atom. The molecular formula is C26H31N9O4. The van der Waals surface area contributed by atoms with Crippen LogP contribution in [0.15, 0.2) is 48.9 Å². The van der Waals surface area contributed by atoms with Gasteiger partial charge in [-0.2, -0.15) is 14.6 Å². The van der Waals surface area contributed by atoms with Gasteiger partial charge in [-0.25, -0.2) is 9.67 Å². The van der Waals surface area contributed by atoms with Gasteiger partial charge < -0.3 is 29.7 Å². The standard InChI is InChI=1S/C26H31N9O4/c1-37-14-4-3-5-22-29-25-21-17-28-34(24(21)30-26(27)35(25)31-22)18-23(36)33-12-10-32(11-13-33)19-6-8-20(9-7-19)39-16-15-38-2/h3-9,14,17H,10-13,15-16,18H2,1-2H3,(H2,27,30)/b5-3+,14-4-. The lowest BCUT2D eigenvalue weighted by Gasteiger charge is -2.36. The summed E-state index contributed by atoms with van der Waals surface area (Å²) >= 11 is 0. The van der Waals surface area contributed by atoms with E-state index in [-0.39, 0.29) is 18.4 Å². The number of nitrogens with two attached hydrogens (primary N) is 1. The first-order valence-corrected chi connectivity index (χ1v) is 12.6. The largest absolute Gasteiger partial charge is 0.504 e. The van der Waals surface area contributed by atoms with Gasteiger partial charge in [0.05, 0.1) is 31.6 Å². The SMILES string of the molecule is CO/C=C\C=C\c1nc2c3cnn(CC(=O)N4CCN(c5ccc(OCCOC)cc5)CC4)c3nc(N)n2n1. The summed E-state index contributed by atoms with van der Waals surface area (Å²) in [4.78, 5) is 26.3. The third kappa shape index (κ3) is 5.77. The van der Waals surface area contributed by atoms with Crippen LogP contribution in [0.1, 0.15) is 5.82 Å². The fourth-order valence-electron chi connectivity index (χ4n) is 4.36. The minimum Gasteiger partial charge on any atom is -0.504 e. The number of ether oxygens (including phenoxy) is 3. The third-order valence-electron chi connectivity index (χ3n) is 6.36. The molecule has 0 atom stereocenters. The van der Waals surface area contributed by atoms with Crippen molar-refractivity contribution in [1.29, 1.82) is 0 Å². The van der Waals surface area contributed by atoms with Crippen molar-refractivity contribution in [1.82, 2.24) is 34.3 Å². The number of hydrogen-bond acceptors (Lipinski definition) is 10. The Hall–Kier alpha value is -4.65. The van der Waals surface area contributed by atoms with Crippen LogP contribution in [0, 0.1) is 0 Å². The van der Waals surface area contributed by atoms with E-state index in [2.05, 4.69) is 25.1 Å². The summed E-state index contributed by atoms with van der Waals surface area (Å²) in [5.41, 5.74) is 8.27. The molecule has 1 fully saturated rings. The molecule has 4 aromatic rings. The Labute approximate surface area is 225 Å². The fraction of sp³-hybridized carbons (Fsp3) is 0.346. The lowest BCUT2D eigenvalue weighted by Crippen LogP contribution is -2.49. The van der Waals surface area contributed by atoms with Crippen LogP contribution in [-0.2, 0) is 20.8 Å². The molecule has 3 aromatic heterocycles. The van der Waals surface area contributed by atoms with Crippen molar-refractivity contribution in [2.75, 3.05) is 64.2 Å². The van der Waals surface area contributed by atoms with Crippen molar-refractivity contribution < 1.29 is 19.0 Å². The molecule has 0 saturated carbocycles. The number of benzene rings is 1. The van der Waals surface area contributed by atoms with E-state index in [4.69, 9.17) is 19.9 Å². The zero-order chi connectivity index (χ0) is 27.2. The van der Waals surface area contributed by atoms with Crippen molar-refractivity contribution in [3.63, 3.8) is 0 Å². The molecule has 204 valence electrons. The molecule has 0 aliphatic carbocycles. The maximum Gasteiger partial charge on any atom is 0.244 e. The fourth-order valence-corrected chi connectivity index (χ4v) is 4.36. The smallest absolute Gasteiger partial charge is 0.244 e. The second kappa shape index (κ2) is 11.8. The molecule has 0 spiro atoms. The van der Waals surface area contributed by atoms with Crippen LogP contribution in [0.25, 0.3) is 22.8 Å². The highest BCUT2D eigenvalue weighted by Gasteiger charge is 2.23. The highest BCUT2D eigenvalue weighted by molar-refractivity contribution is 5.91. The third-order valence-corrected chi connectivity index (χ3v) is 6.36. The van der Waals surface area contributed by atoms with Gasteiger partial charge in [-0.3, -0.25) is 4.79 Å². The molecule has 13 heteroatoms. The van der Waals surface area contributed by atoms with E-state index in [9.17, 15) is 4.79 Å². The molecule has 2 N–H and O–H groups in total. The first kappa shape index (κ1) is 26.0. The van der Waals surface area contributed by atoms with Crippen molar-refractivity contribution in [3.8, 4) is 5.75 Å². The summed E-state index contributed by atoms with van der Waals surface area (Å²) in [5.74, 6) is 1.40. The molecule has 0 unspecified atom stereocenters. The Morgan fingerprint density at radius 1 is 1.03 bits per heavy atom. The number of nitrogens with zero attached hydrogens (tertiary/aromatic N) is 8. The highest BCUT2D eigenvalue weighted by Crippen LogP contribution is 2.22. The van der Waals surface area contributed by atoms with Crippen molar-refractivity contribution in [3.05, 3.63) is 54.7 Å². The van der Waals surface area contributed by atoms with E-state index in [0.29, 0.717) is 48.8 Å². The molecule has 1 saturated heterocycles. The van der Waals surface area contributed by atoms with Gasteiger partial charge in [-0.1, -0.05) is 6.08 Å². The molecule has 4 heterocycles. The molecule has 0 radical (unpaired) electrons. The summed E-state index contributed by atoms with van der Waals surface area (Å²) in [6.07, 6.45) is 8.39. The van der Waals surface area contributed by atoms with E-state index in [0.717, 1.165) is 24.5 Å². The number of rotatable bonds is 10. The Bertz CT molecular complexity index is 1480.